The zero-order chi connectivity index (χ0) is 27.2. The Bertz CT molecular complexity index is 2170. The minimum Gasteiger partial charge on any atom is -0.293 e. The van der Waals surface area contributed by atoms with Gasteiger partial charge in [-0.1, -0.05) is 48.5 Å². The fraction of sp³-hybridized carbons (Fsp3) is 0. The van der Waals surface area contributed by atoms with Crippen molar-refractivity contribution < 1.29 is 0 Å². The molecule has 0 unspecified atom stereocenters. The molecule has 5 aromatic heterocycles. The van der Waals surface area contributed by atoms with E-state index in [9.17, 15) is 0 Å². The molecule has 0 aliphatic rings. The minimum absolute atomic E-state index is 0.867. The Kier molecular flexibility index (Phi) is 5.38. The lowest BCUT2D eigenvalue weighted by Gasteiger charge is -2.12. The summed E-state index contributed by atoms with van der Waals surface area (Å²) in [4.78, 5) is 18.0. The van der Waals surface area contributed by atoms with Crippen LogP contribution in [0.4, 0.5) is 0 Å². The zero-order valence-electron chi connectivity index (χ0n) is 22.0. The molecule has 3 aromatic carbocycles. The van der Waals surface area contributed by atoms with Crippen LogP contribution in [0.3, 0.4) is 0 Å². The van der Waals surface area contributed by atoms with E-state index in [1.54, 1.807) is 12.4 Å². The molecule has 8 aromatic rings. The molecule has 0 fully saturated rings. The van der Waals surface area contributed by atoms with Crippen LogP contribution in [0.15, 0.2) is 140 Å². The Balaban J connectivity index is 1.46. The average Bonchev–Trinajstić information content (AvgIpc) is 3.39. The summed E-state index contributed by atoms with van der Waals surface area (Å²) in [5.74, 6) is 0.867. The van der Waals surface area contributed by atoms with Crippen LogP contribution in [0.1, 0.15) is 0 Å². The Morgan fingerprint density at radius 3 is 1.73 bits per heavy atom. The number of fused-ring (bicyclic) bond motifs is 5. The maximum atomic E-state index is 4.98. The van der Waals surface area contributed by atoms with Crippen molar-refractivity contribution in [3.63, 3.8) is 0 Å². The average molecular weight is 526 g/mol. The Labute approximate surface area is 236 Å². The highest BCUT2D eigenvalue weighted by atomic mass is 15.1. The standard InChI is InChI=1S/C36H23N5/c1-2-10-30-29(9-1)31(28-8-5-17-39-22-28)19-33-32-18-24(25-6-3-15-37-20-25)11-13-34(32)41(36(30)33)35-14-12-27(23-40-35)26-7-4-16-38-21-26/h1-23H. The first kappa shape index (κ1) is 23.2. The predicted molar refractivity (Wildman–Crippen MR) is 166 cm³/mol. The Morgan fingerprint density at radius 2 is 1.07 bits per heavy atom. The molecule has 0 atom stereocenters. The lowest BCUT2D eigenvalue weighted by atomic mass is 9.95. The summed E-state index contributed by atoms with van der Waals surface area (Å²) >= 11 is 0. The highest BCUT2D eigenvalue weighted by Gasteiger charge is 2.19. The van der Waals surface area contributed by atoms with Crippen LogP contribution in [0.2, 0.25) is 0 Å². The molecule has 41 heavy (non-hydrogen) atoms. The summed E-state index contributed by atoms with van der Waals surface area (Å²) in [6, 6.07) is 34.0. The molecule has 0 saturated heterocycles. The van der Waals surface area contributed by atoms with Crippen LogP contribution in [-0.2, 0) is 0 Å². The highest BCUT2D eigenvalue weighted by molar-refractivity contribution is 6.22. The third-order valence-corrected chi connectivity index (χ3v) is 7.71. The van der Waals surface area contributed by atoms with Crippen LogP contribution >= 0.6 is 0 Å². The topological polar surface area (TPSA) is 56.5 Å². The van der Waals surface area contributed by atoms with E-state index in [0.29, 0.717) is 0 Å². The van der Waals surface area contributed by atoms with Crippen molar-refractivity contribution >= 4 is 32.6 Å². The lowest BCUT2D eigenvalue weighted by molar-refractivity contribution is 1.08. The van der Waals surface area contributed by atoms with E-state index in [1.807, 2.05) is 49.2 Å². The van der Waals surface area contributed by atoms with Gasteiger partial charge in [0.2, 0.25) is 0 Å². The largest absolute Gasteiger partial charge is 0.293 e. The first-order valence-corrected chi connectivity index (χ1v) is 13.5. The maximum Gasteiger partial charge on any atom is 0.137 e. The Hall–Kier alpha value is -5.68. The van der Waals surface area contributed by atoms with Gasteiger partial charge in [0.05, 0.1) is 11.0 Å². The number of aromatic nitrogens is 5. The second-order valence-electron chi connectivity index (χ2n) is 10.1. The van der Waals surface area contributed by atoms with Gasteiger partial charge in [0.15, 0.2) is 0 Å². The normalized spacial score (nSPS) is 11.4. The van der Waals surface area contributed by atoms with Crippen molar-refractivity contribution in [3.05, 3.63) is 140 Å². The number of hydrogen-bond donors (Lipinski definition) is 0. The smallest absolute Gasteiger partial charge is 0.137 e. The van der Waals surface area contributed by atoms with E-state index in [1.165, 1.54) is 16.2 Å². The van der Waals surface area contributed by atoms with Crippen molar-refractivity contribution in [1.82, 2.24) is 24.5 Å². The van der Waals surface area contributed by atoms with Gasteiger partial charge >= 0.3 is 0 Å². The second kappa shape index (κ2) is 9.50. The van der Waals surface area contributed by atoms with E-state index >= 15 is 0 Å². The van der Waals surface area contributed by atoms with Gasteiger partial charge in [-0.25, -0.2) is 4.98 Å². The van der Waals surface area contributed by atoms with Gasteiger partial charge in [0, 0.05) is 81.8 Å². The van der Waals surface area contributed by atoms with E-state index < -0.39 is 0 Å². The molecule has 0 aliphatic carbocycles. The molecule has 8 rings (SSSR count). The Morgan fingerprint density at radius 1 is 0.439 bits per heavy atom. The van der Waals surface area contributed by atoms with Crippen LogP contribution in [0.5, 0.6) is 0 Å². The van der Waals surface area contributed by atoms with E-state index in [2.05, 4.69) is 98.4 Å². The number of hydrogen-bond acceptors (Lipinski definition) is 4. The van der Waals surface area contributed by atoms with Gasteiger partial charge in [-0.2, -0.15) is 0 Å². The summed E-state index contributed by atoms with van der Waals surface area (Å²) in [5, 5.41) is 4.68. The van der Waals surface area contributed by atoms with Crippen LogP contribution < -0.4 is 0 Å². The number of benzene rings is 3. The molecule has 0 spiro atoms. The summed E-state index contributed by atoms with van der Waals surface area (Å²) in [6.07, 6.45) is 13.1. The monoisotopic (exact) mass is 525 g/mol. The molecule has 5 heteroatoms. The summed E-state index contributed by atoms with van der Waals surface area (Å²) in [5.41, 5.74) is 8.77. The van der Waals surface area contributed by atoms with Gasteiger partial charge in [0.25, 0.3) is 0 Å². The molecule has 0 radical (unpaired) electrons. The lowest BCUT2D eigenvalue weighted by Crippen LogP contribution is -1.98. The molecule has 0 aliphatic heterocycles. The van der Waals surface area contributed by atoms with Gasteiger partial charge in [0.1, 0.15) is 5.82 Å². The van der Waals surface area contributed by atoms with Crippen molar-refractivity contribution in [2.24, 2.45) is 0 Å². The van der Waals surface area contributed by atoms with Gasteiger partial charge in [-0.15, -0.1) is 0 Å². The van der Waals surface area contributed by atoms with Gasteiger partial charge in [-0.05, 0) is 65.0 Å². The third-order valence-electron chi connectivity index (χ3n) is 7.71. The highest BCUT2D eigenvalue weighted by Crippen LogP contribution is 2.42. The summed E-state index contributed by atoms with van der Waals surface area (Å²) in [7, 11) is 0. The fourth-order valence-electron chi connectivity index (χ4n) is 5.81. The number of nitrogens with zero attached hydrogens (tertiary/aromatic N) is 5. The van der Waals surface area contributed by atoms with Crippen LogP contribution in [0.25, 0.3) is 71.8 Å². The predicted octanol–water partition coefficient (Wildman–Crippen LogP) is 8.52. The SMILES string of the molecule is c1cncc(-c2ccc(-n3c4ccc(-c5cccnc5)cc4c4cc(-c5cccnc5)c5ccccc5c43)nc2)c1. The van der Waals surface area contributed by atoms with E-state index in [0.717, 1.165) is 55.6 Å². The maximum absolute atomic E-state index is 4.98. The molecule has 0 bridgehead atoms. The van der Waals surface area contributed by atoms with Crippen LogP contribution in [0, 0.1) is 0 Å². The van der Waals surface area contributed by atoms with Gasteiger partial charge < -0.3 is 0 Å². The zero-order valence-corrected chi connectivity index (χ0v) is 22.0. The van der Waals surface area contributed by atoms with E-state index in [-0.39, 0.29) is 0 Å². The molecule has 0 N–H and O–H groups in total. The quantitative estimate of drug-likeness (QED) is 0.231. The van der Waals surface area contributed by atoms with Crippen molar-refractivity contribution in [2.75, 3.05) is 0 Å². The minimum atomic E-state index is 0.867. The molecular formula is C36H23N5. The van der Waals surface area contributed by atoms with Crippen molar-refractivity contribution in [3.8, 4) is 39.2 Å². The molecule has 5 heterocycles. The van der Waals surface area contributed by atoms with E-state index in [4.69, 9.17) is 4.98 Å². The third kappa shape index (κ3) is 3.86. The van der Waals surface area contributed by atoms with Crippen molar-refractivity contribution in [2.45, 2.75) is 0 Å². The molecule has 192 valence electrons. The van der Waals surface area contributed by atoms with Crippen molar-refractivity contribution in [1.29, 1.82) is 0 Å². The first-order chi connectivity index (χ1) is 20.3. The second-order valence-corrected chi connectivity index (χ2v) is 10.1. The first-order valence-electron chi connectivity index (χ1n) is 13.5. The molecule has 5 nitrogen and oxygen atoms in total. The molecule has 0 amide bonds. The summed E-state index contributed by atoms with van der Waals surface area (Å²) in [6.45, 7) is 0. The number of pyridine rings is 4. The molecule has 0 saturated carbocycles. The summed E-state index contributed by atoms with van der Waals surface area (Å²) < 4.78 is 2.29. The van der Waals surface area contributed by atoms with Gasteiger partial charge in [-0.3, -0.25) is 19.5 Å². The molecular weight excluding hydrogens is 502 g/mol. The fourth-order valence-corrected chi connectivity index (χ4v) is 5.81. The van der Waals surface area contributed by atoms with Crippen LogP contribution in [-0.4, -0.2) is 24.5 Å². The number of rotatable bonds is 4.